The summed E-state index contributed by atoms with van der Waals surface area (Å²) < 4.78 is 0. The molecule has 0 spiro atoms. The van der Waals surface area contributed by atoms with E-state index in [4.69, 9.17) is 5.11 Å². The van der Waals surface area contributed by atoms with Gasteiger partial charge >= 0.3 is 5.97 Å². The number of carboxylic acid groups (broad SMARTS) is 1. The minimum absolute atomic E-state index is 0.123. The zero-order chi connectivity index (χ0) is 13.5. The van der Waals surface area contributed by atoms with Crippen LogP contribution in [0.4, 0.5) is 5.69 Å². The van der Waals surface area contributed by atoms with Crippen molar-refractivity contribution in [2.75, 3.05) is 17.7 Å². The van der Waals surface area contributed by atoms with E-state index in [-0.39, 0.29) is 5.41 Å². The molecule has 1 aromatic rings. The molecule has 1 aliphatic heterocycles. The molecular weight excluding hydrogens is 246 g/mol. The van der Waals surface area contributed by atoms with E-state index in [0.29, 0.717) is 5.75 Å². The van der Waals surface area contributed by atoms with Crippen molar-refractivity contribution in [1.29, 1.82) is 0 Å². The fourth-order valence-corrected chi connectivity index (χ4v) is 3.35. The SMILES string of the molecule is CN1c2ccc(C(C)(C)C)cc2SCC1C(=O)O. The average Bonchev–Trinajstić information content (AvgIpc) is 2.27. The molecule has 0 saturated heterocycles. The van der Waals surface area contributed by atoms with Crippen molar-refractivity contribution in [3.05, 3.63) is 23.8 Å². The summed E-state index contributed by atoms with van der Waals surface area (Å²) in [5.41, 5.74) is 2.43. The fraction of sp³-hybridized carbons (Fsp3) is 0.500. The highest BCUT2D eigenvalue weighted by Crippen LogP contribution is 2.39. The van der Waals surface area contributed by atoms with Crippen LogP contribution >= 0.6 is 11.8 Å². The van der Waals surface area contributed by atoms with E-state index in [9.17, 15) is 4.79 Å². The number of aliphatic carboxylic acids is 1. The van der Waals surface area contributed by atoms with Crippen molar-refractivity contribution in [1.82, 2.24) is 0 Å². The Morgan fingerprint density at radius 3 is 2.67 bits per heavy atom. The van der Waals surface area contributed by atoms with Crippen molar-refractivity contribution in [3.8, 4) is 0 Å². The number of carboxylic acids is 1. The number of fused-ring (bicyclic) bond motifs is 1. The van der Waals surface area contributed by atoms with Crippen LogP contribution in [0.25, 0.3) is 0 Å². The van der Waals surface area contributed by atoms with E-state index in [1.807, 2.05) is 18.0 Å². The van der Waals surface area contributed by atoms with Gasteiger partial charge in [0.05, 0.1) is 5.69 Å². The Morgan fingerprint density at radius 2 is 2.11 bits per heavy atom. The quantitative estimate of drug-likeness (QED) is 0.847. The van der Waals surface area contributed by atoms with Crippen molar-refractivity contribution < 1.29 is 9.90 Å². The Morgan fingerprint density at radius 1 is 1.44 bits per heavy atom. The second kappa shape index (κ2) is 4.50. The first kappa shape index (κ1) is 13.3. The molecule has 4 heteroatoms. The molecule has 0 aromatic heterocycles. The second-order valence-electron chi connectivity index (χ2n) is 5.71. The highest BCUT2D eigenvalue weighted by Gasteiger charge is 2.30. The molecule has 1 aliphatic rings. The number of benzene rings is 1. The monoisotopic (exact) mass is 265 g/mol. The predicted molar refractivity (Wildman–Crippen MR) is 75.7 cm³/mol. The van der Waals surface area contributed by atoms with Gasteiger partial charge in [-0.3, -0.25) is 0 Å². The fourth-order valence-electron chi connectivity index (χ4n) is 2.07. The number of nitrogens with zero attached hydrogens (tertiary/aromatic N) is 1. The van der Waals surface area contributed by atoms with Crippen molar-refractivity contribution in [2.24, 2.45) is 0 Å². The van der Waals surface area contributed by atoms with Crippen LogP contribution in [0.5, 0.6) is 0 Å². The van der Waals surface area contributed by atoms with Crippen LogP contribution in [0.3, 0.4) is 0 Å². The molecular formula is C14H19NO2S. The summed E-state index contributed by atoms with van der Waals surface area (Å²) in [4.78, 5) is 14.2. The van der Waals surface area contributed by atoms with Gasteiger partial charge in [-0.15, -0.1) is 11.8 Å². The lowest BCUT2D eigenvalue weighted by Crippen LogP contribution is -2.42. The summed E-state index contributed by atoms with van der Waals surface area (Å²) in [6.45, 7) is 6.56. The lowest BCUT2D eigenvalue weighted by molar-refractivity contribution is -0.138. The van der Waals surface area contributed by atoms with E-state index in [1.54, 1.807) is 11.8 Å². The summed E-state index contributed by atoms with van der Waals surface area (Å²) >= 11 is 1.64. The molecule has 1 atom stereocenters. The Labute approximate surface area is 112 Å². The Bertz CT molecular complexity index is 479. The van der Waals surface area contributed by atoms with E-state index < -0.39 is 12.0 Å². The van der Waals surface area contributed by atoms with Gasteiger partial charge in [-0.2, -0.15) is 0 Å². The van der Waals surface area contributed by atoms with Crippen LogP contribution in [0.1, 0.15) is 26.3 Å². The number of carbonyl (C=O) groups is 1. The van der Waals surface area contributed by atoms with Gasteiger partial charge in [0, 0.05) is 17.7 Å². The van der Waals surface area contributed by atoms with Crippen LogP contribution in [0, 0.1) is 0 Å². The maximum atomic E-state index is 11.1. The van der Waals surface area contributed by atoms with Gasteiger partial charge in [0.25, 0.3) is 0 Å². The first-order chi connectivity index (χ1) is 8.30. The van der Waals surface area contributed by atoms with Crippen molar-refractivity contribution >= 4 is 23.4 Å². The lowest BCUT2D eigenvalue weighted by atomic mass is 9.87. The van der Waals surface area contributed by atoms with E-state index >= 15 is 0 Å². The molecule has 0 bridgehead atoms. The molecule has 1 N–H and O–H groups in total. The molecule has 0 radical (unpaired) electrons. The standard InChI is InChI=1S/C14H19NO2S/c1-14(2,3)9-5-6-10-12(7-9)18-8-11(13(16)17)15(10)4/h5-7,11H,8H2,1-4H3,(H,16,17). The van der Waals surface area contributed by atoms with Gasteiger partial charge in [-0.1, -0.05) is 26.8 Å². The highest BCUT2D eigenvalue weighted by atomic mass is 32.2. The number of hydrogen-bond acceptors (Lipinski definition) is 3. The minimum Gasteiger partial charge on any atom is -0.480 e. The smallest absolute Gasteiger partial charge is 0.327 e. The van der Waals surface area contributed by atoms with Gasteiger partial charge in [-0.05, 0) is 23.1 Å². The summed E-state index contributed by atoms with van der Waals surface area (Å²) in [5, 5.41) is 9.16. The van der Waals surface area contributed by atoms with Gasteiger partial charge in [0.2, 0.25) is 0 Å². The van der Waals surface area contributed by atoms with Gasteiger partial charge in [0.1, 0.15) is 6.04 Å². The molecule has 18 heavy (non-hydrogen) atoms. The van der Waals surface area contributed by atoms with Crippen molar-refractivity contribution in [3.63, 3.8) is 0 Å². The number of anilines is 1. The van der Waals surface area contributed by atoms with E-state index in [1.165, 1.54) is 10.5 Å². The number of hydrogen-bond donors (Lipinski definition) is 1. The predicted octanol–water partition coefficient (Wildman–Crippen LogP) is 2.98. The number of rotatable bonds is 1. The van der Waals surface area contributed by atoms with Gasteiger partial charge in [-0.25, -0.2) is 4.79 Å². The number of likely N-dealkylation sites (N-methyl/N-ethyl adjacent to an activating group) is 1. The normalized spacial score (nSPS) is 19.6. The third kappa shape index (κ3) is 2.34. The summed E-state index contributed by atoms with van der Waals surface area (Å²) in [6, 6.07) is 5.90. The number of thioether (sulfide) groups is 1. The first-order valence-electron chi connectivity index (χ1n) is 6.03. The Hall–Kier alpha value is -1.16. The van der Waals surface area contributed by atoms with E-state index in [2.05, 4.69) is 32.9 Å². The van der Waals surface area contributed by atoms with E-state index in [0.717, 1.165) is 5.69 Å². The molecule has 98 valence electrons. The lowest BCUT2D eigenvalue weighted by Gasteiger charge is -2.34. The summed E-state index contributed by atoms with van der Waals surface area (Å²) in [7, 11) is 1.86. The Kier molecular flexibility index (Phi) is 3.32. The zero-order valence-corrected chi connectivity index (χ0v) is 12.0. The largest absolute Gasteiger partial charge is 0.480 e. The molecule has 0 amide bonds. The molecule has 0 saturated carbocycles. The molecule has 0 aliphatic carbocycles. The van der Waals surface area contributed by atoms with Gasteiger partial charge < -0.3 is 10.0 Å². The van der Waals surface area contributed by atoms with Gasteiger partial charge in [0.15, 0.2) is 0 Å². The van der Waals surface area contributed by atoms with Crippen LogP contribution in [0.15, 0.2) is 23.1 Å². The second-order valence-corrected chi connectivity index (χ2v) is 6.77. The maximum Gasteiger partial charge on any atom is 0.327 e. The first-order valence-corrected chi connectivity index (χ1v) is 7.02. The molecule has 2 rings (SSSR count). The summed E-state index contributed by atoms with van der Waals surface area (Å²) in [6.07, 6.45) is 0. The topological polar surface area (TPSA) is 40.5 Å². The zero-order valence-electron chi connectivity index (χ0n) is 11.2. The third-order valence-electron chi connectivity index (χ3n) is 3.36. The van der Waals surface area contributed by atoms with Crippen molar-refractivity contribution in [2.45, 2.75) is 37.1 Å². The summed E-state index contributed by atoms with van der Waals surface area (Å²) in [5.74, 6) is -0.151. The van der Waals surface area contributed by atoms with Crippen LogP contribution < -0.4 is 4.90 Å². The maximum absolute atomic E-state index is 11.1. The Balaban J connectivity index is 2.38. The molecule has 1 aromatic carbocycles. The minimum atomic E-state index is -0.754. The molecule has 0 fully saturated rings. The van der Waals surface area contributed by atoms with Crippen LogP contribution in [-0.4, -0.2) is 29.9 Å². The van der Waals surface area contributed by atoms with Crippen LogP contribution in [-0.2, 0) is 10.2 Å². The average molecular weight is 265 g/mol. The third-order valence-corrected chi connectivity index (χ3v) is 4.48. The molecule has 3 nitrogen and oxygen atoms in total. The van der Waals surface area contributed by atoms with Crippen LogP contribution in [0.2, 0.25) is 0 Å². The molecule has 1 heterocycles. The highest BCUT2D eigenvalue weighted by molar-refractivity contribution is 7.99. The molecule has 1 unspecified atom stereocenters.